The average molecular weight is 250 g/mol. The van der Waals surface area contributed by atoms with Crippen molar-refractivity contribution in [1.82, 2.24) is 0 Å². The first-order chi connectivity index (χ1) is 9.29. The molecule has 0 spiro atoms. The number of hydrogen-bond donors (Lipinski definition) is 0. The molecule has 3 aromatic carbocycles. The van der Waals surface area contributed by atoms with E-state index in [1.54, 1.807) is 0 Å². The van der Waals surface area contributed by atoms with Crippen LogP contribution in [0.25, 0.3) is 21.9 Å². The summed E-state index contributed by atoms with van der Waals surface area (Å²) in [6.45, 7) is 2.11. The molecule has 94 valence electrons. The highest BCUT2D eigenvalue weighted by Gasteiger charge is 2.09. The molecule has 0 bridgehead atoms. The van der Waals surface area contributed by atoms with E-state index < -0.39 is 0 Å². The summed E-state index contributed by atoms with van der Waals surface area (Å²) in [4.78, 5) is 0. The van der Waals surface area contributed by atoms with Crippen LogP contribution < -0.4 is 0 Å². The van der Waals surface area contributed by atoms with Crippen molar-refractivity contribution in [2.75, 3.05) is 0 Å². The third kappa shape index (κ3) is 2.12. The maximum atomic E-state index is 14.6. The van der Waals surface area contributed by atoms with E-state index in [0.717, 1.165) is 17.4 Å². The number of rotatable bonds is 2. The van der Waals surface area contributed by atoms with Crippen molar-refractivity contribution in [3.63, 3.8) is 0 Å². The average Bonchev–Trinajstić information content (AvgIpc) is 2.48. The molecule has 0 amide bonds. The van der Waals surface area contributed by atoms with Crippen LogP contribution in [0.4, 0.5) is 4.39 Å². The van der Waals surface area contributed by atoms with E-state index in [1.807, 2.05) is 54.6 Å². The highest BCUT2D eigenvalue weighted by molar-refractivity contribution is 5.88. The lowest BCUT2D eigenvalue weighted by molar-refractivity contribution is 0.643. The lowest BCUT2D eigenvalue weighted by Crippen LogP contribution is -1.88. The fourth-order valence-corrected chi connectivity index (χ4v) is 2.40. The second-order valence-electron chi connectivity index (χ2n) is 4.70. The maximum absolute atomic E-state index is 14.6. The normalized spacial score (nSPS) is 10.8. The van der Waals surface area contributed by atoms with Gasteiger partial charge in [0.1, 0.15) is 5.82 Å². The van der Waals surface area contributed by atoms with Crippen molar-refractivity contribution in [2.24, 2.45) is 0 Å². The molecule has 0 N–H and O–H groups in total. The Bertz CT molecular complexity index is 714. The molecule has 0 nitrogen and oxygen atoms in total. The summed E-state index contributed by atoms with van der Waals surface area (Å²) in [6.07, 6.45) is 0.970. The maximum Gasteiger partial charge on any atom is 0.138 e. The lowest BCUT2D eigenvalue weighted by atomic mass is 9.98. The summed E-state index contributed by atoms with van der Waals surface area (Å²) in [5.41, 5.74) is 2.82. The van der Waals surface area contributed by atoms with Crippen LogP contribution in [-0.2, 0) is 6.42 Å². The van der Waals surface area contributed by atoms with Crippen LogP contribution in [0.1, 0.15) is 12.5 Å². The molecule has 0 saturated carbocycles. The zero-order chi connectivity index (χ0) is 13.2. The highest BCUT2D eigenvalue weighted by atomic mass is 19.1. The molecule has 0 aromatic heterocycles. The summed E-state index contributed by atoms with van der Waals surface area (Å²) >= 11 is 0. The first-order valence-corrected chi connectivity index (χ1v) is 6.56. The third-order valence-corrected chi connectivity index (χ3v) is 3.51. The van der Waals surface area contributed by atoms with E-state index in [9.17, 15) is 4.39 Å². The SMILES string of the molecule is CCc1ccc2c(F)c(-c3ccccc3)ccc2c1. The quantitative estimate of drug-likeness (QED) is 0.585. The Labute approximate surface area is 112 Å². The first kappa shape index (κ1) is 11.9. The molecule has 3 rings (SSSR count). The van der Waals surface area contributed by atoms with E-state index in [4.69, 9.17) is 0 Å². The van der Waals surface area contributed by atoms with Gasteiger partial charge in [0.05, 0.1) is 0 Å². The predicted octanol–water partition coefficient (Wildman–Crippen LogP) is 5.21. The Balaban J connectivity index is 2.22. The van der Waals surface area contributed by atoms with Gasteiger partial charge in [-0.15, -0.1) is 0 Å². The van der Waals surface area contributed by atoms with Crippen LogP contribution in [0.15, 0.2) is 60.7 Å². The van der Waals surface area contributed by atoms with E-state index in [-0.39, 0.29) is 5.82 Å². The third-order valence-electron chi connectivity index (χ3n) is 3.51. The predicted molar refractivity (Wildman–Crippen MR) is 78.7 cm³/mol. The number of fused-ring (bicyclic) bond motifs is 1. The van der Waals surface area contributed by atoms with Crippen LogP contribution in [0.3, 0.4) is 0 Å². The van der Waals surface area contributed by atoms with E-state index in [0.29, 0.717) is 10.9 Å². The summed E-state index contributed by atoms with van der Waals surface area (Å²) in [5.74, 6) is -0.133. The molecule has 3 aromatic rings. The molecule has 0 saturated heterocycles. The van der Waals surface area contributed by atoms with Crippen LogP contribution >= 0.6 is 0 Å². The van der Waals surface area contributed by atoms with Crippen molar-refractivity contribution >= 4 is 10.8 Å². The smallest absolute Gasteiger partial charge is 0.138 e. The van der Waals surface area contributed by atoms with Gasteiger partial charge in [-0.2, -0.15) is 0 Å². The van der Waals surface area contributed by atoms with Crippen LogP contribution in [-0.4, -0.2) is 0 Å². The van der Waals surface area contributed by atoms with Gasteiger partial charge in [-0.1, -0.05) is 67.6 Å². The van der Waals surface area contributed by atoms with Crippen LogP contribution in [0.2, 0.25) is 0 Å². The monoisotopic (exact) mass is 250 g/mol. The topological polar surface area (TPSA) is 0 Å². The first-order valence-electron chi connectivity index (χ1n) is 6.56. The standard InChI is InChI=1S/C18H15F/c1-2-13-8-10-17-15(12-13)9-11-16(18(17)19)14-6-4-3-5-7-14/h3-12H,2H2,1H3. The molecule has 19 heavy (non-hydrogen) atoms. The number of benzene rings is 3. The minimum atomic E-state index is -0.133. The van der Waals surface area contributed by atoms with Crippen molar-refractivity contribution in [3.8, 4) is 11.1 Å². The second kappa shape index (κ2) is 4.85. The molecule has 0 aliphatic heterocycles. The highest BCUT2D eigenvalue weighted by Crippen LogP contribution is 2.29. The summed E-state index contributed by atoms with van der Waals surface area (Å²) < 4.78 is 14.6. The minimum Gasteiger partial charge on any atom is -0.206 e. The van der Waals surface area contributed by atoms with Crippen molar-refractivity contribution in [3.05, 3.63) is 72.0 Å². The molecular formula is C18H15F. The molecule has 0 aliphatic carbocycles. The zero-order valence-corrected chi connectivity index (χ0v) is 10.9. The van der Waals surface area contributed by atoms with Gasteiger partial charge >= 0.3 is 0 Å². The van der Waals surface area contributed by atoms with Gasteiger partial charge < -0.3 is 0 Å². The summed E-state index contributed by atoms with van der Waals surface area (Å²) in [6, 6.07) is 19.5. The Morgan fingerprint density at radius 1 is 0.895 bits per heavy atom. The zero-order valence-electron chi connectivity index (χ0n) is 10.9. The van der Waals surface area contributed by atoms with Gasteiger partial charge in [0.25, 0.3) is 0 Å². The largest absolute Gasteiger partial charge is 0.206 e. The molecule has 0 radical (unpaired) electrons. The molecule has 1 heteroatoms. The van der Waals surface area contributed by atoms with Gasteiger partial charge in [0, 0.05) is 10.9 Å². The van der Waals surface area contributed by atoms with Gasteiger partial charge in [-0.25, -0.2) is 4.39 Å². The van der Waals surface area contributed by atoms with Crippen molar-refractivity contribution in [2.45, 2.75) is 13.3 Å². The molecule has 0 aliphatic rings. The van der Waals surface area contributed by atoms with Gasteiger partial charge in [-0.3, -0.25) is 0 Å². The van der Waals surface area contributed by atoms with E-state index in [1.165, 1.54) is 5.56 Å². The van der Waals surface area contributed by atoms with Crippen LogP contribution in [0, 0.1) is 5.82 Å². The van der Waals surface area contributed by atoms with Gasteiger partial charge in [-0.05, 0) is 22.9 Å². The van der Waals surface area contributed by atoms with Crippen molar-refractivity contribution in [1.29, 1.82) is 0 Å². The molecule has 0 heterocycles. The van der Waals surface area contributed by atoms with E-state index in [2.05, 4.69) is 13.0 Å². The molecule has 0 fully saturated rings. The Hall–Kier alpha value is -2.15. The minimum absolute atomic E-state index is 0.133. The summed E-state index contributed by atoms with van der Waals surface area (Å²) in [5, 5.41) is 1.66. The lowest BCUT2D eigenvalue weighted by Gasteiger charge is -2.08. The Morgan fingerprint density at radius 3 is 2.42 bits per heavy atom. The van der Waals surface area contributed by atoms with Crippen LogP contribution in [0.5, 0.6) is 0 Å². The summed E-state index contributed by atoms with van der Waals surface area (Å²) in [7, 11) is 0. The number of hydrogen-bond acceptors (Lipinski definition) is 0. The fraction of sp³-hybridized carbons (Fsp3) is 0.111. The van der Waals surface area contributed by atoms with Gasteiger partial charge in [0.15, 0.2) is 0 Å². The molecular weight excluding hydrogens is 235 g/mol. The van der Waals surface area contributed by atoms with E-state index >= 15 is 0 Å². The molecule has 0 unspecified atom stereocenters. The fourth-order valence-electron chi connectivity index (χ4n) is 2.40. The Morgan fingerprint density at radius 2 is 1.68 bits per heavy atom. The number of aryl methyl sites for hydroxylation is 1. The Kier molecular flexibility index (Phi) is 3.04. The molecule has 0 atom stereocenters. The number of halogens is 1. The van der Waals surface area contributed by atoms with Gasteiger partial charge in [0.2, 0.25) is 0 Å². The van der Waals surface area contributed by atoms with Crippen molar-refractivity contribution < 1.29 is 4.39 Å². The second-order valence-corrected chi connectivity index (χ2v) is 4.70.